The molecule has 1 aromatic rings. The molecule has 6 heteroatoms. The fraction of sp³-hybridized carbons (Fsp3) is 0.500. The van der Waals surface area contributed by atoms with Crippen molar-refractivity contribution >= 4 is 11.9 Å². The maximum absolute atomic E-state index is 11.7. The van der Waals surface area contributed by atoms with Crippen LogP contribution in [0.1, 0.15) is 29.8 Å². The topological polar surface area (TPSA) is 78.9 Å². The fourth-order valence-corrected chi connectivity index (χ4v) is 2.69. The van der Waals surface area contributed by atoms with Gasteiger partial charge in [-0.05, 0) is 31.5 Å². The third-order valence-corrected chi connectivity index (χ3v) is 3.52. The highest BCUT2D eigenvalue weighted by Gasteiger charge is 2.22. The van der Waals surface area contributed by atoms with Crippen LogP contribution in [0.15, 0.2) is 24.3 Å². The minimum Gasteiger partial charge on any atom is -0.480 e. The number of benzene rings is 1. The number of carbonyl (C=O) groups is 2. The van der Waals surface area contributed by atoms with Crippen molar-refractivity contribution in [1.82, 2.24) is 10.2 Å². The summed E-state index contributed by atoms with van der Waals surface area (Å²) < 4.78 is 5.71. The van der Waals surface area contributed by atoms with Crippen molar-refractivity contribution in [2.24, 2.45) is 0 Å². The van der Waals surface area contributed by atoms with E-state index < -0.39 is 5.97 Å². The van der Waals surface area contributed by atoms with Crippen molar-refractivity contribution in [3.63, 3.8) is 0 Å². The number of hydrogen-bond acceptors (Lipinski definition) is 4. The van der Waals surface area contributed by atoms with Crippen molar-refractivity contribution < 1.29 is 19.4 Å². The van der Waals surface area contributed by atoms with Crippen LogP contribution in [-0.4, -0.2) is 53.7 Å². The predicted octanol–water partition coefficient (Wildman–Crippen LogP) is 1.11. The van der Waals surface area contributed by atoms with Crippen molar-refractivity contribution in [1.29, 1.82) is 0 Å². The van der Waals surface area contributed by atoms with Gasteiger partial charge in [-0.1, -0.05) is 12.1 Å². The first-order valence-corrected chi connectivity index (χ1v) is 7.41. The monoisotopic (exact) mass is 306 g/mol. The Morgan fingerprint density at radius 2 is 1.82 bits per heavy atom. The molecule has 1 aliphatic heterocycles. The molecule has 120 valence electrons. The van der Waals surface area contributed by atoms with E-state index in [0.717, 1.165) is 25.2 Å². The molecule has 0 bridgehead atoms. The molecular weight excluding hydrogens is 284 g/mol. The van der Waals surface area contributed by atoms with Crippen LogP contribution in [0.25, 0.3) is 0 Å². The average Bonchev–Trinajstić information content (AvgIpc) is 2.44. The van der Waals surface area contributed by atoms with Crippen LogP contribution >= 0.6 is 0 Å². The largest absolute Gasteiger partial charge is 0.480 e. The Hall–Kier alpha value is -1.92. The second-order valence-electron chi connectivity index (χ2n) is 5.72. The van der Waals surface area contributed by atoms with E-state index >= 15 is 0 Å². The predicted molar refractivity (Wildman–Crippen MR) is 81.7 cm³/mol. The number of ether oxygens (including phenoxy) is 1. The molecule has 1 saturated heterocycles. The van der Waals surface area contributed by atoms with E-state index in [0.29, 0.717) is 5.56 Å². The van der Waals surface area contributed by atoms with Gasteiger partial charge in [0.15, 0.2) is 0 Å². The molecule has 1 aromatic carbocycles. The normalized spacial score (nSPS) is 22.3. The highest BCUT2D eigenvalue weighted by atomic mass is 16.5. The number of carboxylic acid groups (broad SMARTS) is 1. The quantitative estimate of drug-likeness (QED) is 0.852. The SMILES string of the molecule is CC1CN(Cc2ccc(C(=O)NCC(=O)O)cc2)CC(C)O1. The molecule has 1 amide bonds. The molecule has 22 heavy (non-hydrogen) atoms. The Kier molecular flexibility index (Phi) is 5.51. The van der Waals surface area contributed by atoms with E-state index in [2.05, 4.69) is 24.1 Å². The summed E-state index contributed by atoms with van der Waals surface area (Å²) in [7, 11) is 0. The smallest absolute Gasteiger partial charge is 0.322 e. The van der Waals surface area contributed by atoms with Crippen LogP contribution in [0.4, 0.5) is 0 Å². The van der Waals surface area contributed by atoms with Gasteiger partial charge in [0.1, 0.15) is 6.54 Å². The number of carbonyl (C=O) groups excluding carboxylic acids is 1. The lowest BCUT2D eigenvalue weighted by Crippen LogP contribution is -2.44. The lowest BCUT2D eigenvalue weighted by atomic mass is 10.1. The Bertz CT molecular complexity index is 519. The fourth-order valence-electron chi connectivity index (χ4n) is 2.69. The number of amides is 1. The molecule has 2 atom stereocenters. The minimum absolute atomic E-state index is 0.227. The number of nitrogens with one attached hydrogen (secondary N) is 1. The Labute approximate surface area is 130 Å². The van der Waals surface area contributed by atoms with Gasteiger partial charge >= 0.3 is 5.97 Å². The van der Waals surface area contributed by atoms with Crippen molar-refractivity contribution in [2.75, 3.05) is 19.6 Å². The van der Waals surface area contributed by atoms with E-state index in [1.165, 1.54) is 0 Å². The summed E-state index contributed by atoms with van der Waals surface area (Å²) in [4.78, 5) is 24.5. The summed E-state index contributed by atoms with van der Waals surface area (Å²) in [5, 5.41) is 10.9. The Balaban J connectivity index is 1.91. The zero-order valence-electron chi connectivity index (χ0n) is 12.9. The van der Waals surface area contributed by atoms with E-state index in [4.69, 9.17) is 9.84 Å². The lowest BCUT2D eigenvalue weighted by molar-refractivity contribution is -0.135. The first-order valence-electron chi connectivity index (χ1n) is 7.41. The molecule has 2 rings (SSSR count). The van der Waals surface area contributed by atoms with Gasteiger partial charge in [-0.25, -0.2) is 0 Å². The van der Waals surface area contributed by atoms with Gasteiger partial charge in [0, 0.05) is 25.2 Å². The van der Waals surface area contributed by atoms with Crippen LogP contribution < -0.4 is 5.32 Å². The lowest BCUT2D eigenvalue weighted by Gasteiger charge is -2.35. The molecule has 1 fully saturated rings. The zero-order valence-corrected chi connectivity index (χ0v) is 12.9. The van der Waals surface area contributed by atoms with Gasteiger partial charge in [-0.15, -0.1) is 0 Å². The van der Waals surface area contributed by atoms with E-state index in [-0.39, 0.29) is 24.7 Å². The van der Waals surface area contributed by atoms with Gasteiger partial charge in [0.25, 0.3) is 5.91 Å². The van der Waals surface area contributed by atoms with Crippen LogP contribution in [0.3, 0.4) is 0 Å². The number of nitrogens with zero attached hydrogens (tertiary/aromatic N) is 1. The van der Waals surface area contributed by atoms with Crippen molar-refractivity contribution in [3.8, 4) is 0 Å². The molecule has 2 unspecified atom stereocenters. The summed E-state index contributed by atoms with van der Waals surface area (Å²) in [6, 6.07) is 7.25. The molecule has 1 aliphatic rings. The summed E-state index contributed by atoms with van der Waals surface area (Å²) in [6.45, 7) is 6.37. The van der Waals surface area contributed by atoms with Crippen LogP contribution in [0.2, 0.25) is 0 Å². The number of morpholine rings is 1. The Morgan fingerprint density at radius 3 is 2.36 bits per heavy atom. The third-order valence-electron chi connectivity index (χ3n) is 3.52. The summed E-state index contributed by atoms with van der Waals surface area (Å²) in [5.74, 6) is -1.43. The number of rotatable bonds is 5. The number of aliphatic carboxylic acids is 1. The molecule has 0 aliphatic carbocycles. The third kappa shape index (κ3) is 4.82. The number of hydrogen-bond donors (Lipinski definition) is 2. The highest BCUT2D eigenvalue weighted by molar-refractivity contribution is 5.95. The van der Waals surface area contributed by atoms with Gasteiger partial charge in [-0.2, -0.15) is 0 Å². The van der Waals surface area contributed by atoms with Gasteiger partial charge in [0.05, 0.1) is 12.2 Å². The van der Waals surface area contributed by atoms with E-state index in [9.17, 15) is 9.59 Å². The van der Waals surface area contributed by atoms with E-state index in [1.54, 1.807) is 12.1 Å². The average molecular weight is 306 g/mol. The van der Waals surface area contributed by atoms with E-state index in [1.807, 2.05) is 12.1 Å². The molecule has 1 heterocycles. The van der Waals surface area contributed by atoms with Crippen molar-refractivity contribution in [2.45, 2.75) is 32.6 Å². The van der Waals surface area contributed by atoms with Gasteiger partial charge < -0.3 is 15.2 Å². The maximum Gasteiger partial charge on any atom is 0.322 e. The second-order valence-corrected chi connectivity index (χ2v) is 5.72. The molecule has 6 nitrogen and oxygen atoms in total. The molecule has 0 aromatic heterocycles. The Morgan fingerprint density at radius 1 is 1.23 bits per heavy atom. The van der Waals surface area contributed by atoms with Crippen LogP contribution in [-0.2, 0) is 16.1 Å². The molecule has 0 radical (unpaired) electrons. The second kappa shape index (κ2) is 7.38. The molecule has 2 N–H and O–H groups in total. The first kappa shape index (κ1) is 16.5. The standard InChI is InChI=1S/C16H22N2O4/c1-11-8-18(9-12(2)22-11)10-13-3-5-14(6-4-13)16(21)17-7-15(19)20/h3-6,11-12H,7-10H2,1-2H3,(H,17,21)(H,19,20). The maximum atomic E-state index is 11.7. The van der Waals surface area contributed by atoms with Crippen LogP contribution in [0, 0.1) is 0 Å². The van der Waals surface area contributed by atoms with Crippen LogP contribution in [0.5, 0.6) is 0 Å². The van der Waals surface area contributed by atoms with Crippen molar-refractivity contribution in [3.05, 3.63) is 35.4 Å². The summed E-state index contributed by atoms with van der Waals surface area (Å²) in [6.07, 6.45) is 0.453. The zero-order chi connectivity index (χ0) is 16.1. The van der Waals surface area contributed by atoms with Gasteiger partial charge in [0.2, 0.25) is 0 Å². The first-order chi connectivity index (χ1) is 10.4. The number of carboxylic acids is 1. The molecular formula is C16H22N2O4. The minimum atomic E-state index is -1.06. The van der Waals surface area contributed by atoms with Gasteiger partial charge in [-0.3, -0.25) is 14.5 Å². The highest BCUT2D eigenvalue weighted by Crippen LogP contribution is 2.14. The summed E-state index contributed by atoms with van der Waals surface area (Å²) in [5.41, 5.74) is 1.59. The molecule has 0 saturated carbocycles. The summed E-state index contributed by atoms with van der Waals surface area (Å²) >= 11 is 0. The molecule has 0 spiro atoms.